The molecule has 1 unspecified atom stereocenters. The van der Waals surface area contributed by atoms with Gasteiger partial charge in [0.1, 0.15) is 0 Å². The van der Waals surface area contributed by atoms with Gasteiger partial charge in [0.2, 0.25) is 10.0 Å². The minimum absolute atomic E-state index is 0.189. The summed E-state index contributed by atoms with van der Waals surface area (Å²) < 4.78 is 32.7. The van der Waals surface area contributed by atoms with Crippen LogP contribution in [0.4, 0.5) is 5.69 Å². The van der Waals surface area contributed by atoms with Crippen molar-refractivity contribution in [3.05, 3.63) is 24.3 Å². The third-order valence-electron chi connectivity index (χ3n) is 4.10. The summed E-state index contributed by atoms with van der Waals surface area (Å²) >= 11 is 0. The molecule has 0 heterocycles. The quantitative estimate of drug-likeness (QED) is 0.557. The zero-order valence-corrected chi connectivity index (χ0v) is 15.8. The van der Waals surface area contributed by atoms with Crippen LogP contribution < -0.4 is 10.5 Å². The molecular formula is C17H30N2O4S. The van der Waals surface area contributed by atoms with Crippen molar-refractivity contribution in [1.82, 2.24) is 4.72 Å². The SMILES string of the molecule is CCC(C)(O)CCOC(C)(C)CCNS(=O)(=O)c1ccc(N)cc1. The van der Waals surface area contributed by atoms with E-state index >= 15 is 0 Å². The van der Waals surface area contributed by atoms with E-state index in [1.165, 1.54) is 12.1 Å². The van der Waals surface area contributed by atoms with Crippen molar-refractivity contribution in [3.63, 3.8) is 0 Å². The average molecular weight is 359 g/mol. The lowest BCUT2D eigenvalue weighted by Gasteiger charge is -2.28. The number of nitrogens with two attached hydrogens (primary N) is 1. The van der Waals surface area contributed by atoms with Gasteiger partial charge < -0.3 is 15.6 Å². The van der Waals surface area contributed by atoms with Crippen molar-refractivity contribution in [2.24, 2.45) is 0 Å². The number of nitrogens with one attached hydrogen (secondary N) is 1. The number of hydrogen-bond acceptors (Lipinski definition) is 5. The molecule has 1 atom stereocenters. The first-order valence-corrected chi connectivity index (χ1v) is 9.67. The maximum absolute atomic E-state index is 12.2. The first-order valence-electron chi connectivity index (χ1n) is 8.19. The molecule has 0 amide bonds. The van der Waals surface area contributed by atoms with Crippen molar-refractivity contribution in [2.75, 3.05) is 18.9 Å². The van der Waals surface area contributed by atoms with E-state index in [9.17, 15) is 13.5 Å². The van der Waals surface area contributed by atoms with Crippen LogP contribution in [0.3, 0.4) is 0 Å². The van der Waals surface area contributed by atoms with Crippen molar-refractivity contribution in [1.29, 1.82) is 0 Å². The summed E-state index contributed by atoms with van der Waals surface area (Å²) in [5, 5.41) is 9.97. The van der Waals surface area contributed by atoms with Crippen LogP contribution in [0.25, 0.3) is 0 Å². The maximum atomic E-state index is 12.2. The second kappa shape index (κ2) is 8.29. The second-order valence-electron chi connectivity index (χ2n) is 6.93. The fourth-order valence-corrected chi connectivity index (χ4v) is 3.04. The van der Waals surface area contributed by atoms with Crippen LogP contribution in [0.2, 0.25) is 0 Å². The molecule has 0 bridgehead atoms. The summed E-state index contributed by atoms with van der Waals surface area (Å²) in [6.07, 6.45) is 1.73. The molecule has 0 fully saturated rings. The van der Waals surface area contributed by atoms with E-state index < -0.39 is 21.2 Å². The van der Waals surface area contributed by atoms with Crippen molar-refractivity contribution < 1.29 is 18.3 Å². The highest BCUT2D eigenvalue weighted by Crippen LogP contribution is 2.19. The normalized spacial score (nSPS) is 15.2. The Balaban J connectivity index is 2.45. The van der Waals surface area contributed by atoms with Crippen molar-refractivity contribution in [3.8, 4) is 0 Å². The highest BCUT2D eigenvalue weighted by atomic mass is 32.2. The van der Waals surface area contributed by atoms with Crippen molar-refractivity contribution >= 4 is 15.7 Å². The number of anilines is 1. The summed E-state index contributed by atoms with van der Waals surface area (Å²) in [6.45, 7) is 8.22. The molecule has 0 aromatic heterocycles. The Morgan fingerprint density at radius 3 is 2.29 bits per heavy atom. The molecule has 7 heteroatoms. The topological polar surface area (TPSA) is 102 Å². The zero-order valence-electron chi connectivity index (χ0n) is 15.0. The van der Waals surface area contributed by atoms with E-state index in [4.69, 9.17) is 10.5 Å². The Bertz CT molecular complexity index is 610. The molecule has 0 aliphatic carbocycles. The molecule has 0 saturated carbocycles. The lowest BCUT2D eigenvalue weighted by Crippen LogP contribution is -2.34. The molecule has 0 saturated heterocycles. The number of benzene rings is 1. The summed E-state index contributed by atoms with van der Waals surface area (Å²) in [5.74, 6) is 0. The Morgan fingerprint density at radius 1 is 1.17 bits per heavy atom. The third-order valence-corrected chi connectivity index (χ3v) is 5.58. The lowest BCUT2D eigenvalue weighted by atomic mass is 9.99. The zero-order chi connectivity index (χ0) is 18.4. The smallest absolute Gasteiger partial charge is 0.240 e. The molecule has 1 aromatic carbocycles. The second-order valence-corrected chi connectivity index (χ2v) is 8.69. The minimum Gasteiger partial charge on any atom is -0.399 e. The molecule has 1 rings (SSSR count). The maximum Gasteiger partial charge on any atom is 0.240 e. The predicted molar refractivity (Wildman–Crippen MR) is 96.2 cm³/mol. The lowest BCUT2D eigenvalue weighted by molar-refractivity contribution is -0.0542. The molecule has 24 heavy (non-hydrogen) atoms. The van der Waals surface area contributed by atoms with E-state index in [-0.39, 0.29) is 11.4 Å². The van der Waals surface area contributed by atoms with Gasteiger partial charge in [-0.15, -0.1) is 0 Å². The standard InChI is InChI=1S/C17H30N2O4S/c1-5-17(4,20)11-13-23-16(2,3)10-12-19-24(21,22)15-8-6-14(18)7-9-15/h6-9,19-20H,5,10-13,18H2,1-4H3. The summed E-state index contributed by atoms with van der Waals surface area (Å²) in [6, 6.07) is 6.07. The van der Waals surface area contributed by atoms with E-state index in [0.717, 1.165) is 0 Å². The first-order chi connectivity index (χ1) is 11.0. The molecular weight excluding hydrogens is 328 g/mol. The molecule has 0 spiro atoms. The molecule has 0 aliphatic heterocycles. The van der Waals surface area contributed by atoms with Gasteiger partial charge in [-0.2, -0.15) is 0 Å². The van der Waals surface area contributed by atoms with Crippen LogP contribution in [0, 0.1) is 0 Å². The van der Waals surface area contributed by atoms with Gasteiger partial charge in [0, 0.05) is 12.2 Å². The molecule has 4 N–H and O–H groups in total. The molecule has 138 valence electrons. The third kappa shape index (κ3) is 7.17. The highest BCUT2D eigenvalue weighted by Gasteiger charge is 2.23. The van der Waals surface area contributed by atoms with E-state index in [1.54, 1.807) is 19.1 Å². The number of aliphatic hydroxyl groups is 1. The number of sulfonamides is 1. The van der Waals surface area contributed by atoms with Crippen LogP contribution in [0.15, 0.2) is 29.2 Å². The van der Waals surface area contributed by atoms with E-state index in [2.05, 4.69) is 4.72 Å². The minimum atomic E-state index is -3.55. The summed E-state index contributed by atoms with van der Waals surface area (Å²) in [5.41, 5.74) is 4.88. The predicted octanol–water partition coefficient (Wildman–Crippen LogP) is 2.28. The fraction of sp³-hybridized carbons (Fsp3) is 0.647. The number of hydrogen-bond donors (Lipinski definition) is 3. The van der Waals surface area contributed by atoms with Gasteiger partial charge in [0.25, 0.3) is 0 Å². The molecule has 0 radical (unpaired) electrons. The molecule has 6 nitrogen and oxygen atoms in total. The van der Waals surface area contributed by atoms with Gasteiger partial charge in [0.15, 0.2) is 0 Å². The van der Waals surface area contributed by atoms with Crippen molar-refractivity contribution in [2.45, 2.75) is 63.1 Å². The number of ether oxygens (including phenoxy) is 1. The number of rotatable bonds is 10. The van der Waals surface area contributed by atoms with Gasteiger partial charge >= 0.3 is 0 Å². The molecule has 1 aromatic rings. The largest absolute Gasteiger partial charge is 0.399 e. The summed E-state index contributed by atoms with van der Waals surface area (Å²) in [4.78, 5) is 0.189. The Morgan fingerprint density at radius 2 is 1.75 bits per heavy atom. The van der Waals surface area contributed by atoms with Crippen LogP contribution in [-0.4, -0.2) is 37.9 Å². The Labute approximate surface area is 145 Å². The number of nitrogen functional groups attached to an aromatic ring is 1. The van der Waals surface area contributed by atoms with Gasteiger partial charge in [0.05, 0.1) is 22.7 Å². The van der Waals surface area contributed by atoms with Gasteiger partial charge in [-0.1, -0.05) is 6.92 Å². The van der Waals surface area contributed by atoms with Crippen LogP contribution in [0.5, 0.6) is 0 Å². The van der Waals surface area contributed by atoms with Gasteiger partial charge in [-0.05, 0) is 64.3 Å². The average Bonchev–Trinajstić information content (AvgIpc) is 2.46. The Hall–Kier alpha value is -1.15. The fourth-order valence-electron chi connectivity index (χ4n) is 2.01. The van der Waals surface area contributed by atoms with E-state index in [1.807, 2.05) is 20.8 Å². The van der Waals surface area contributed by atoms with E-state index in [0.29, 0.717) is 31.6 Å². The summed E-state index contributed by atoms with van der Waals surface area (Å²) in [7, 11) is -3.55. The van der Waals surface area contributed by atoms with Crippen LogP contribution in [0.1, 0.15) is 47.0 Å². The molecule has 0 aliphatic rings. The Kier molecular flexibility index (Phi) is 7.22. The first kappa shape index (κ1) is 20.9. The van der Waals surface area contributed by atoms with Gasteiger partial charge in [-0.25, -0.2) is 13.1 Å². The monoisotopic (exact) mass is 358 g/mol. The highest BCUT2D eigenvalue weighted by molar-refractivity contribution is 7.89. The van der Waals surface area contributed by atoms with Crippen LogP contribution >= 0.6 is 0 Å². The van der Waals surface area contributed by atoms with Gasteiger partial charge in [-0.3, -0.25) is 0 Å². The van der Waals surface area contributed by atoms with Crippen LogP contribution in [-0.2, 0) is 14.8 Å².